The fourth-order valence-corrected chi connectivity index (χ4v) is 9.38. The summed E-state index contributed by atoms with van der Waals surface area (Å²) in [6.45, 7) is 6.54. The molecule has 0 fully saturated rings. The normalized spacial score (nSPS) is 12.3. The van der Waals surface area contributed by atoms with Crippen LogP contribution in [0.5, 0.6) is 0 Å². The van der Waals surface area contributed by atoms with Gasteiger partial charge in [-0.3, -0.25) is 14.4 Å². The highest BCUT2D eigenvalue weighted by molar-refractivity contribution is 5.71. The van der Waals surface area contributed by atoms with Gasteiger partial charge in [0.15, 0.2) is 6.10 Å². The summed E-state index contributed by atoms with van der Waals surface area (Å²) in [5.74, 6) is -0.866. The lowest BCUT2D eigenvalue weighted by atomic mass is 10.0. The van der Waals surface area contributed by atoms with Crippen molar-refractivity contribution < 1.29 is 28.6 Å². The first-order valence-corrected chi connectivity index (χ1v) is 31.6. The van der Waals surface area contributed by atoms with Gasteiger partial charge in [0.05, 0.1) is 0 Å². The molecule has 0 N–H and O–H groups in total. The van der Waals surface area contributed by atoms with Crippen molar-refractivity contribution in [1.29, 1.82) is 0 Å². The Morgan fingerprint density at radius 3 is 0.847 bits per heavy atom. The van der Waals surface area contributed by atoms with E-state index in [0.717, 1.165) is 89.9 Å². The van der Waals surface area contributed by atoms with E-state index < -0.39 is 6.10 Å². The van der Waals surface area contributed by atoms with E-state index in [9.17, 15) is 14.4 Å². The van der Waals surface area contributed by atoms with Gasteiger partial charge in [-0.25, -0.2) is 0 Å². The number of hydrogen-bond donors (Lipinski definition) is 0. The van der Waals surface area contributed by atoms with E-state index in [1.807, 2.05) is 0 Å². The molecule has 0 aromatic heterocycles. The van der Waals surface area contributed by atoms with Crippen molar-refractivity contribution >= 4 is 17.9 Å². The van der Waals surface area contributed by atoms with Crippen molar-refractivity contribution in [3.63, 3.8) is 0 Å². The Morgan fingerprint density at radius 2 is 0.542 bits per heavy atom. The molecule has 1 unspecified atom stereocenters. The van der Waals surface area contributed by atoms with Crippen molar-refractivity contribution in [2.75, 3.05) is 13.2 Å². The van der Waals surface area contributed by atoms with E-state index in [1.54, 1.807) is 0 Å². The molecule has 72 heavy (non-hydrogen) atoms. The maximum Gasteiger partial charge on any atom is 0.306 e. The van der Waals surface area contributed by atoms with Crippen LogP contribution in [0.2, 0.25) is 0 Å². The Balaban J connectivity index is 4.14. The highest BCUT2D eigenvalue weighted by Crippen LogP contribution is 2.18. The number of allylic oxidation sites excluding steroid dienone is 8. The molecule has 0 bridgehead atoms. The number of carbonyl (C=O) groups is 3. The smallest absolute Gasteiger partial charge is 0.306 e. The molecule has 0 aromatic carbocycles. The predicted octanol–water partition coefficient (Wildman–Crippen LogP) is 21.4. The van der Waals surface area contributed by atoms with Crippen LogP contribution in [0.1, 0.15) is 335 Å². The number of ether oxygens (including phenoxy) is 3. The van der Waals surface area contributed by atoms with Crippen LogP contribution in [0.3, 0.4) is 0 Å². The Kier molecular flexibility index (Phi) is 58.7. The third-order valence-corrected chi connectivity index (χ3v) is 14.1. The molecular formula is C66H120O6. The van der Waals surface area contributed by atoms with Gasteiger partial charge >= 0.3 is 17.9 Å². The number of rotatable bonds is 58. The summed E-state index contributed by atoms with van der Waals surface area (Å²) >= 11 is 0. The highest BCUT2D eigenvalue weighted by Gasteiger charge is 2.19. The molecule has 0 saturated carbocycles. The minimum absolute atomic E-state index is 0.0721. The standard InChI is InChI=1S/C66H120O6/c1-4-7-10-13-16-19-21-23-25-27-29-31-32-33-34-36-37-39-41-43-45-47-50-53-56-59-65(68)71-62-63(61-70-64(67)58-55-52-49-18-15-12-9-6-3)72-66(69)60-57-54-51-48-46-44-42-40-38-35-30-28-26-24-22-20-17-14-11-8-5-2/h8,11,17,20,24,26,30,35,63H,4-7,9-10,12-16,18-19,21-23,25,27-29,31-34,36-62H2,1-3H3/b11-8-,20-17-,26-24-,35-30-. The quantitative estimate of drug-likeness (QED) is 0.0261. The van der Waals surface area contributed by atoms with Crippen molar-refractivity contribution in [3.05, 3.63) is 48.6 Å². The molecule has 0 rings (SSSR count). The van der Waals surface area contributed by atoms with Crippen molar-refractivity contribution in [1.82, 2.24) is 0 Å². The molecule has 0 radical (unpaired) electrons. The molecule has 0 spiro atoms. The molecule has 0 aliphatic rings. The van der Waals surface area contributed by atoms with E-state index in [0.29, 0.717) is 19.3 Å². The molecule has 0 saturated heterocycles. The van der Waals surface area contributed by atoms with Crippen molar-refractivity contribution in [2.24, 2.45) is 0 Å². The van der Waals surface area contributed by atoms with Gasteiger partial charge in [0.2, 0.25) is 0 Å². The SMILES string of the molecule is CC/C=C\C/C=C\C/C=C\C/C=C\CCCCCCCCCCC(=O)OC(COC(=O)CCCCCCCCCC)COC(=O)CCCCCCCCCCCCCCCCCCCCCCCCCCC. The van der Waals surface area contributed by atoms with Crippen LogP contribution in [0.15, 0.2) is 48.6 Å². The topological polar surface area (TPSA) is 78.9 Å². The summed E-state index contributed by atoms with van der Waals surface area (Å²) < 4.78 is 16.9. The van der Waals surface area contributed by atoms with Gasteiger partial charge in [0, 0.05) is 19.3 Å². The van der Waals surface area contributed by atoms with E-state index >= 15 is 0 Å². The molecule has 0 aromatic rings. The fraction of sp³-hybridized carbons (Fsp3) is 0.833. The average Bonchev–Trinajstić information content (AvgIpc) is 3.38. The van der Waals surface area contributed by atoms with Gasteiger partial charge < -0.3 is 14.2 Å². The lowest BCUT2D eigenvalue weighted by Gasteiger charge is -2.18. The van der Waals surface area contributed by atoms with Crippen molar-refractivity contribution in [3.8, 4) is 0 Å². The summed E-state index contributed by atoms with van der Waals surface area (Å²) in [5.41, 5.74) is 0. The third-order valence-electron chi connectivity index (χ3n) is 14.1. The van der Waals surface area contributed by atoms with Crippen molar-refractivity contribution in [2.45, 2.75) is 341 Å². The van der Waals surface area contributed by atoms with Crippen LogP contribution in [0, 0.1) is 0 Å². The Bertz CT molecular complexity index is 1250. The Morgan fingerprint density at radius 1 is 0.292 bits per heavy atom. The van der Waals surface area contributed by atoms with Gasteiger partial charge in [0.25, 0.3) is 0 Å². The number of carbonyl (C=O) groups excluding carboxylic acids is 3. The minimum atomic E-state index is -0.773. The molecule has 0 aliphatic carbocycles. The third kappa shape index (κ3) is 58.3. The number of esters is 3. The second-order valence-corrected chi connectivity index (χ2v) is 21.3. The average molecular weight is 1010 g/mol. The summed E-state index contributed by atoms with van der Waals surface area (Å²) in [5, 5.41) is 0. The maximum atomic E-state index is 12.9. The molecule has 0 amide bonds. The summed E-state index contributed by atoms with van der Waals surface area (Å²) in [4.78, 5) is 38.1. The summed E-state index contributed by atoms with van der Waals surface area (Å²) in [6.07, 6.45) is 75.7. The van der Waals surface area contributed by atoms with Crippen LogP contribution in [0.4, 0.5) is 0 Å². The van der Waals surface area contributed by atoms with Crippen LogP contribution in [0.25, 0.3) is 0 Å². The summed E-state index contributed by atoms with van der Waals surface area (Å²) in [7, 11) is 0. The molecule has 0 heterocycles. The zero-order chi connectivity index (χ0) is 52.2. The summed E-state index contributed by atoms with van der Waals surface area (Å²) in [6, 6.07) is 0. The lowest BCUT2D eigenvalue weighted by Crippen LogP contribution is -2.30. The minimum Gasteiger partial charge on any atom is -0.462 e. The van der Waals surface area contributed by atoms with Crippen LogP contribution < -0.4 is 0 Å². The zero-order valence-corrected chi connectivity index (χ0v) is 48.2. The van der Waals surface area contributed by atoms with Gasteiger partial charge in [-0.2, -0.15) is 0 Å². The lowest BCUT2D eigenvalue weighted by molar-refractivity contribution is -0.167. The first-order valence-electron chi connectivity index (χ1n) is 31.6. The number of hydrogen-bond acceptors (Lipinski definition) is 6. The van der Waals surface area contributed by atoms with Gasteiger partial charge in [-0.1, -0.05) is 307 Å². The molecule has 420 valence electrons. The molecule has 1 atom stereocenters. The van der Waals surface area contributed by atoms with E-state index in [1.165, 1.54) is 205 Å². The van der Waals surface area contributed by atoms with Gasteiger partial charge in [0.1, 0.15) is 13.2 Å². The molecule has 0 aliphatic heterocycles. The highest BCUT2D eigenvalue weighted by atomic mass is 16.6. The first kappa shape index (κ1) is 69.4. The maximum absolute atomic E-state index is 12.9. The van der Waals surface area contributed by atoms with Gasteiger partial charge in [-0.05, 0) is 57.8 Å². The zero-order valence-electron chi connectivity index (χ0n) is 48.2. The molecular weight excluding hydrogens is 889 g/mol. The van der Waals surface area contributed by atoms with Gasteiger partial charge in [-0.15, -0.1) is 0 Å². The Labute approximate surface area is 448 Å². The fourth-order valence-electron chi connectivity index (χ4n) is 9.38. The van der Waals surface area contributed by atoms with Crippen LogP contribution in [-0.2, 0) is 28.6 Å². The second kappa shape index (κ2) is 60.9. The van der Waals surface area contributed by atoms with E-state index in [2.05, 4.69) is 69.4 Å². The first-order chi connectivity index (χ1) is 35.5. The monoisotopic (exact) mass is 1010 g/mol. The van der Waals surface area contributed by atoms with E-state index in [-0.39, 0.29) is 31.1 Å². The van der Waals surface area contributed by atoms with E-state index in [4.69, 9.17) is 14.2 Å². The van der Waals surface area contributed by atoms with Crippen LogP contribution >= 0.6 is 0 Å². The predicted molar refractivity (Wildman–Crippen MR) is 312 cm³/mol. The Hall–Kier alpha value is -2.63. The largest absolute Gasteiger partial charge is 0.462 e. The number of unbranched alkanes of at least 4 members (excludes halogenated alkanes) is 39. The molecule has 6 heteroatoms. The second-order valence-electron chi connectivity index (χ2n) is 21.3. The molecule has 6 nitrogen and oxygen atoms in total. The van der Waals surface area contributed by atoms with Crippen LogP contribution in [-0.4, -0.2) is 37.2 Å².